The van der Waals surface area contributed by atoms with Crippen LogP contribution < -0.4 is 0 Å². The lowest BCUT2D eigenvalue weighted by molar-refractivity contribution is -0.163. The van der Waals surface area contributed by atoms with Crippen molar-refractivity contribution in [2.45, 2.75) is 18.5 Å². The Morgan fingerprint density at radius 1 is 1.38 bits per heavy atom. The van der Waals surface area contributed by atoms with Crippen LogP contribution in [-0.2, 0) is 4.79 Å². The van der Waals surface area contributed by atoms with Gasteiger partial charge in [-0.3, -0.25) is 4.79 Å². The molecule has 6 heteroatoms. The zero-order valence-electron chi connectivity index (χ0n) is 7.96. The maximum absolute atomic E-state index is 12.7. The van der Waals surface area contributed by atoms with Crippen molar-refractivity contribution in [3.05, 3.63) is 35.6 Å². The van der Waals surface area contributed by atoms with E-state index in [1.54, 1.807) is 0 Å². The van der Waals surface area contributed by atoms with Gasteiger partial charge in [-0.2, -0.15) is 13.2 Å². The third kappa shape index (κ3) is 3.22. The predicted octanol–water partition coefficient (Wildman–Crippen LogP) is 2.95. The average molecular weight is 236 g/mol. The molecular formula is C10H8F4O2. The van der Waals surface area contributed by atoms with Gasteiger partial charge in [0.25, 0.3) is 0 Å². The van der Waals surface area contributed by atoms with E-state index in [0.29, 0.717) is 6.07 Å². The van der Waals surface area contributed by atoms with Gasteiger partial charge in [-0.05, 0) is 17.7 Å². The van der Waals surface area contributed by atoms with Gasteiger partial charge in [0.1, 0.15) is 5.82 Å². The summed E-state index contributed by atoms with van der Waals surface area (Å²) in [5.41, 5.74) is -0.380. The average Bonchev–Trinajstić information content (AvgIpc) is 2.12. The van der Waals surface area contributed by atoms with E-state index in [4.69, 9.17) is 5.11 Å². The van der Waals surface area contributed by atoms with Gasteiger partial charge in [0.2, 0.25) is 0 Å². The predicted molar refractivity (Wildman–Crippen MR) is 47.4 cm³/mol. The maximum Gasteiger partial charge on any atom is 0.396 e. The van der Waals surface area contributed by atoms with Gasteiger partial charge in [-0.15, -0.1) is 0 Å². The number of halogens is 4. The Morgan fingerprint density at radius 3 is 2.44 bits per heavy atom. The first-order valence-corrected chi connectivity index (χ1v) is 4.34. The van der Waals surface area contributed by atoms with Crippen molar-refractivity contribution in [2.24, 2.45) is 0 Å². The van der Waals surface area contributed by atoms with Crippen LogP contribution in [0.3, 0.4) is 0 Å². The summed E-state index contributed by atoms with van der Waals surface area (Å²) in [7, 11) is 0. The van der Waals surface area contributed by atoms with Crippen LogP contribution >= 0.6 is 0 Å². The quantitative estimate of drug-likeness (QED) is 0.819. The summed E-state index contributed by atoms with van der Waals surface area (Å²) in [4.78, 5) is 10.3. The SMILES string of the molecule is O=C(O)CC(c1cccc(F)c1)C(F)(F)F. The molecule has 1 aromatic rings. The Bertz CT molecular complexity index is 387. The zero-order valence-corrected chi connectivity index (χ0v) is 7.96. The molecule has 1 aromatic carbocycles. The Hall–Kier alpha value is -1.59. The minimum atomic E-state index is -4.70. The van der Waals surface area contributed by atoms with Crippen LogP contribution in [0, 0.1) is 5.82 Å². The molecule has 16 heavy (non-hydrogen) atoms. The van der Waals surface area contributed by atoms with Crippen molar-refractivity contribution in [2.75, 3.05) is 0 Å². The molecule has 0 radical (unpaired) electrons. The van der Waals surface area contributed by atoms with E-state index in [-0.39, 0.29) is 5.56 Å². The van der Waals surface area contributed by atoms with Crippen molar-refractivity contribution in [3.8, 4) is 0 Å². The van der Waals surface area contributed by atoms with Crippen molar-refractivity contribution in [3.63, 3.8) is 0 Å². The summed E-state index contributed by atoms with van der Waals surface area (Å²) in [5, 5.41) is 8.38. The Balaban J connectivity index is 3.06. The first kappa shape index (κ1) is 12.5. The summed E-state index contributed by atoms with van der Waals surface area (Å²) in [5.74, 6) is -4.58. The first-order chi connectivity index (χ1) is 7.30. The number of rotatable bonds is 3. The fourth-order valence-electron chi connectivity index (χ4n) is 1.32. The molecule has 0 aliphatic carbocycles. The molecule has 0 fully saturated rings. The smallest absolute Gasteiger partial charge is 0.396 e. The highest BCUT2D eigenvalue weighted by Crippen LogP contribution is 2.37. The summed E-state index contributed by atoms with van der Waals surface area (Å²) in [6.45, 7) is 0. The Kier molecular flexibility index (Phi) is 3.51. The number of carboxylic acids is 1. The molecule has 0 aliphatic rings. The molecule has 1 rings (SSSR count). The third-order valence-corrected chi connectivity index (χ3v) is 2.02. The molecule has 88 valence electrons. The molecule has 1 unspecified atom stereocenters. The molecule has 0 aromatic heterocycles. The molecule has 0 aliphatic heterocycles. The molecule has 0 amide bonds. The molecule has 0 heterocycles. The van der Waals surface area contributed by atoms with Crippen molar-refractivity contribution < 1.29 is 27.5 Å². The summed E-state index contributed by atoms with van der Waals surface area (Å²) < 4.78 is 50.3. The van der Waals surface area contributed by atoms with Gasteiger partial charge in [0.15, 0.2) is 0 Å². The largest absolute Gasteiger partial charge is 0.481 e. The standard InChI is InChI=1S/C10H8F4O2/c11-7-3-1-2-6(4-7)8(5-9(15)16)10(12,13)14/h1-4,8H,5H2,(H,15,16). The number of hydrogen-bond donors (Lipinski definition) is 1. The van der Waals surface area contributed by atoms with Crippen molar-refractivity contribution in [1.29, 1.82) is 0 Å². The molecule has 0 saturated carbocycles. The second kappa shape index (κ2) is 4.51. The van der Waals surface area contributed by atoms with E-state index < -0.39 is 30.3 Å². The highest BCUT2D eigenvalue weighted by Gasteiger charge is 2.42. The summed E-state index contributed by atoms with van der Waals surface area (Å²) >= 11 is 0. The molecule has 2 nitrogen and oxygen atoms in total. The minimum Gasteiger partial charge on any atom is -0.481 e. The van der Waals surface area contributed by atoms with Gasteiger partial charge >= 0.3 is 12.1 Å². The van der Waals surface area contributed by atoms with E-state index in [0.717, 1.165) is 18.2 Å². The fraction of sp³-hybridized carbons (Fsp3) is 0.300. The van der Waals surface area contributed by atoms with Crippen LogP contribution in [0.4, 0.5) is 17.6 Å². The third-order valence-electron chi connectivity index (χ3n) is 2.02. The van der Waals surface area contributed by atoms with E-state index in [1.165, 1.54) is 0 Å². The van der Waals surface area contributed by atoms with Gasteiger partial charge in [0.05, 0.1) is 12.3 Å². The van der Waals surface area contributed by atoms with E-state index in [2.05, 4.69) is 0 Å². The van der Waals surface area contributed by atoms with Crippen LogP contribution in [0.5, 0.6) is 0 Å². The van der Waals surface area contributed by atoms with Gasteiger partial charge < -0.3 is 5.11 Å². The van der Waals surface area contributed by atoms with Crippen LogP contribution in [-0.4, -0.2) is 17.3 Å². The molecule has 1 atom stereocenters. The van der Waals surface area contributed by atoms with E-state index >= 15 is 0 Å². The highest BCUT2D eigenvalue weighted by atomic mass is 19.4. The fourth-order valence-corrected chi connectivity index (χ4v) is 1.32. The van der Waals surface area contributed by atoms with E-state index in [9.17, 15) is 22.4 Å². The second-order valence-corrected chi connectivity index (χ2v) is 3.25. The first-order valence-electron chi connectivity index (χ1n) is 4.34. The topological polar surface area (TPSA) is 37.3 Å². The number of aliphatic carboxylic acids is 1. The lowest BCUT2D eigenvalue weighted by Crippen LogP contribution is -2.23. The number of carbonyl (C=O) groups is 1. The lowest BCUT2D eigenvalue weighted by atomic mass is 9.95. The number of hydrogen-bond acceptors (Lipinski definition) is 1. The van der Waals surface area contributed by atoms with Crippen molar-refractivity contribution in [1.82, 2.24) is 0 Å². The van der Waals surface area contributed by atoms with Gasteiger partial charge in [-0.25, -0.2) is 4.39 Å². The Morgan fingerprint density at radius 2 is 2.00 bits per heavy atom. The van der Waals surface area contributed by atoms with Gasteiger partial charge in [-0.1, -0.05) is 12.1 Å². The number of carboxylic acid groups (broad SMARTS) is 1. The lowest BCUT2D eigenvalue weighted by Gasteiger charge is -2.18. The normalized spacial score (nSPS) is 13.5. The molecule has 1 N–H and O–H groups in total. The maximum atomic E-state index is 12.7. The van der Waals surface area contributed by atoms with Crippen LogP contribution in [0.15, 0.2) is 24.3 Å². The number of alkyl halides is 3. The van der Waals surface area contributed by atoms with Gasteiger partial charge in [0, 0.05) is 0 Å². The molecule has 0 spiro atoms. The monoisotopic (exact) mass is 236 g/mol. The van der Waals surface area contributed by atoms with E-state index in [1.807, 2.05) is 0 Å². The van der Waals surface area contributed by atoms with Crippen molar-refractivity contribution >= 4 is 5.97 Å². The minimum absolute atomic E-state index is 0.380. The molecule has 0 bridgehead atoms. The molecule has 0 saturated heterocycles. The van der Waals surface area contributed by atoms with Crippen LogP contribution in [0.25, 0.3) is 0 Å². The van der Waals surface area contributed by atoms with Crippen LogP contribution in [0.1, 0.15) is 17.9 Å². The summed E-state index contributed by atoms with van der Waals surface area (Å²) in [6, 6.07) is 3.87. The Labute approximate surface area is 88.5 Å². The second-order valence-electron chi connectivity index (χ2n) is 3.25. The van der Waals surface area contributed by atoms with Crippen LogP contribution in [0.2, 0.25) is 0 Å². The highest BCUT2D eigenvalue weighted by molar-refractivity contribution is 5.68. The zero-order chi connectivity index (χ0) is 12.3. The molecular weight excluding hydrogens is 228 g/mol. The number of benzene rings is 1. The summed E-state index contributed by atoms with van der Waals surface area (Å²) in [6.07, 6.45) is -5.81.